The molecule has 1 aliphatic rings. The topological polar surface area (TPSA) is 81.7 Å². The third-order valence-electron chi connectivity index (χ3n) is 5.95. The number of carbonyl (C=O) groups is 3. The van der Waals surface area contributed by atoms with Crippen LogP contribution >= 0.6 is 0 Å². The second-order valence-electron chi connectivity index (χ2n) is 9.44. The molecule has 2 aromatic rings. The van der Waals surface area contributed by atoms with E-state index in [0.717, 1.165) is 29.5 Å². The lowest BCUT2D eigenvalue weighted by Crippen LogP contribution is -2.39. The summed E-state index contributed by atoms with van der Waals surface area (Å²) in [6, 6.07) is 16.8. The Hall–Kier alpha value is -3.93. The molecular formula is C31H35NO5. The lowest BCUT2D eigenvalue weighted by Gasteiger charge is -2.15. The Kier molecular flexibility index (Phi) is 10.4. The molecule has 6 heteroatoms. The van der Waals surface area contributed by atoms with Gasteiger partial charge >= 0.3 is 11.9 Å². The lowest BCUT2D eigenvalue weighted by molar-refractivity contribution is -0.143. The summed E-state index contributed by atoms with van der Waals surface area (Å²) in [4.78, 5) is 37.9. The maximum absolute atomic E-state index is 12.9. The smallest absolute Gasteiger partial charge is 0.339 e. The van der Waals surface area contributed by atoms with E-state index in [4.69, 9.17) is 9.47 Å². The van der Waals surface area contributed by atoms with Crippen molar-refractivity contribution >= 4 is 17.8 Å². The minimum absolute atomic E-state index is 0.128. The molecule has 2 aromatic carbocycles. The van der Waals surface area contributed by atoms with Crippen LogP contribution in [0.2, 0.25) is 0 Å². The minimum atomic E-state index is -1.18. The van der Waals surface area contributed by atoms with Gasteiger partial charge in [0.15, 0.2) is 6.10 Å². The highest BCUT2D eigenvalue weighted by atomic mass is 16.5. The molecule has 0 aromatic heterocycles. The van der Waals surface area contributed by atoms with Gasteiger partial charge in [-0.2, -0.15) is 0 Å². The average molecular weight is 502 g/mol. The molecule has 3 unspecified atom stereocenters. The number of amides is 1. The Morgan fingerprint density at radius 3 is 2.24 bits per heavy atom. The number of esters is 2. The van der Waals surface area contributed by atoms with Crippen LogP contribution in [0.4, 0.5) is 0 Å². The van der Waals surface area contributed by atoms with Crippen molar-refractivity contribution in [1.29, 1.82) is 0 Å². The summed E-state index contributed by atoms with van der Waals surface area (Å²) in [5.41, 5.74) is 3.28. The third kappa shape index (κ3) is 9.22. The molecule has 0 saturated carbocycles. The fourth-order valence-electron chi connectivity index (χ4n) is 3.89. The molecule has 1 aliphatic heterocycles. The van der Waals surface area contributed by atoms with Gasteiger partial charge in [0, 0.05) is 0 Å². The van der Waals surface area contributed by atoms with Gasteiger partial charge in [-0.15, -0.1) is 0 Å². The van der Waals surface area contributed by atoms with Crippen molar-refractivity contribution in [2.45, 2.75) is 39.7 Å². The van der Waals surface area contributed by atoms with Gasteiger partial charge in [0.1, 0.15) is 13.2 Å². The molecule has 0 radical (unpaired) electrons. The van der Waals surface area contributed by atoms with Crippen molar-refractivity contribution in [3.8, 4) is 11.1 Å². The number of nitrogens with one attached hydrogen (secondary N) is 1. The van der Waals surface area contributed by atoms with Crippen LogP contribution in [-0.4, -0.2) is 37.1 Å². The van der Waals surface area contributed by atoms with Crippen LogP contribution < -0.4 is 5.32 Å². The monoisotopic (exact) mass is 501 g/mol. The molecule has 0 bridgehead atoms. The highest BCUT2D eigenvalue weighted by Crippen LogP contribution is 2.20. The average Bonchev–Trinajstić information content (AvgIpc) is 2.91. The summed E-state index contributed by atoms with van der Waals surface area (Å²) in [5.74, 6) is -1.32. The molecule has 0 fully saturated rings. The summed E-state index contributed by atoms with van der Waals surface area (Å²) in [6.45, 7) is 5.90. The SMILES string of the molecule is C/C1=C\C(C)C/C=C\CC(C)/C=C/C(OC(=O)c2ccc(-c3ccccc3)cc2)C(=O)NCC(=O)OC1. The normalized spacial score (nSPS) is 24.9. The van der Waals surface area contributed by atoms with Crippen LogP contribution in [0.3, 0.4) is 0 Å². The molecule has 6 nitrogen and oxygen atoms in total. The first kappa shape index (κ1) is 27.7. The number of cyclic esters (lactones) is 1. The number of rotatable bonds is 3. The minimum Gasteiger partial charge on any atom is -0.460 e. The van der Waals surface area contributed by atoms with Gasteiger partial charge in [-0.25, -0.2) is 4.79 Å². The van der Waals surface area contributed by atoms with E-state index in [1.54, 1.807) is 18.2 Å². The largest absolute Gasteiger partial charge is 0.460 e. The van der Waals surface area contributed by atoms with Gasteiger partial charge in [-0.1, -0.05) is 80.6 Å². The Bertz CT molecular complexity index is 1150. The number of ether oxygens (including phenoxy) is 2. The molecule has 1 heterocycles. The first-order chi connectivity index (χ1) is 17.8. The predicted octanol–water partition coefficient (Wildman–Crippen LogP) is 5.66. The van der Waals surface area contributed by atoms with E-state index in [2.05, 4.69) is 30.5 Å². The van der Waals surface area contributed by atoms with Crippen LogP contribution in [0.5, 0.6) is 0 Å². The standard InChI is InChI=1S/C31H35NO5/c1-22-9-7-8-10-23(2)19-24(3)21-36-29(33)20-32-30(34)28(18-13-22)37-31(35)27-16-14-26(15-17-27)25-11-5-4-6-12-25/h4-8,11-19,22-23,28H,9-10,20-21H2,1-3H3,(H,32,34)/b8-7-,18-13+,24-19+. The second-order valence-corrected chi connectivity index (χ2v) is 9.44. The van der Waals surface area contributed by atoms with Crippen LogP contribution in [0, 0.1) is 11.8 Å². The van der Waals surface area contributed by atoms with E-state index in [9.17, 15) is 14.4 Å². The number of benzene rings is 2. The molecule has 37 heavy (non-hydrogen) atoms. The zero-order valence-electron chi connectivity index (χ0n) is 21.7. The Morgan fingerprint density at radius 2 is 1.54 bits per heavy atom. The van der Waals surface area contributed by atoms with Crippen LogP contribution in [0.25, 0.3) is 11.1 Å². The first-order valence-corrected chi connectivity index (χ1v) is 12.6. The van der Waals surface area contributed by atoms with E-state index >= 15 is 0 Å². The van der Waals surface area contributed by atoms with E-state index in [1.165, 1.54) is 0 Å². The number of carbonyl (C=O) groups excluding carboxylic acids is 3. The molecule has 3 atom stereocenters. The van der Waals surface area contributed by atoms with Crippen molar-refractivity contribution in [3.05, 3.63) is 96.1 Å². The first-order valence-electron chi connectivity index (χ1n) is 12.6. The molecule has 1 amide bonds. The van der Waals surface area contributed by atoms with Gasteiger partial charge in [-0.05, 0) is 66.5 Å². The Morgan fingerprint density at radius 1 is 0.892 bits per heavy atom. The fraction of sp³-hybridized carbons (Fsp3) is 0.323. The van der Waals surface area contributed by atoms with Crippen LogP contribution in [0.1, 0.15) is 44.0 Å². The highest BCUT2D eigenvalue weighted by Gasteiger charge is 2.22. The molecule has 194 valence electrons. The molecule has 1 N–H and O–H groups in total. The third-order valence-corrected chi connectivity index (χ3v) is 5.95. The molecule has 0 aliphatic carbocycles. The lowest BCUT2D eigenvalue weighted by atomic mass is 10.0. The van der Waals surface area contributed by atoms with Gasteiger partial charge < -0.3 is 14.8 Å². The van der Waals surface area contributed by atoms with Crippen LogP contribution in [-0.2, 0) is 19.1 Å². The van der Waals surface area contributed by atoms with Gasteiger partial charge in [0.25, 0.3) is 5.91 Å². The zero-order chi connectivity index (χ0) is 26.6. The van der Waals surface area contributed by atoms with Crippen molar-refractivity contribution in [2.75, 3.05) is 13.2 Å². The number of hydrogen-bond donors (Lipinski definition) is 1. The van der Waals surface area contributed by atoms with Gasteiger partial charge in [-0.3, -0.25) is 9.59 Å². The maximum Gasteiger partial charge on any atom is 0.339 e. The summed E-state index contributed by atoms with van der Waals surface area (Å²) < 4.78 is 10.8. The van der Waals surface area contributed by atoms with E-state index in [-0.39, 0.29) is 19.1 Å². The number of allylic oxidation sites excluding steroid dienone is 4. The Balaban J connectivity index is 1.72. The van der Waals surface area contributed by atoms with Gasteiger partial charge in [0.2, 0.25) is 0 Å². The van der Waals surface area contributed by atoms with Gasteiger partial charge in [0.05, 0.1) is 5.56 Å². The van der Waals surface area contributed by atoms with E-state index < -0.39 is 23.9 Å². The molecule has 3 rings (SSSR count). The molecule has 0 saturated heterocycles. The maximum atomic E-state index is 12.9. The summed E-state index contributed by atoms with van der Waals surface area (Å²) in [6.07, 6.45) is 10.2. The van der Waals surface area contributed by atoms with E-state index in [0.29, 0.717) is 11.5 Å². The quantitative estimate of drug-likeness (QED) is 0.433. The summed E-state index contributed by atoms with van der Waals surface area (Å²) in [5, 5.41) is 2.53. The second kappa shape index (κ2) is 14.0. The molecule has 0 spiro atoms. The number of hydrogen-bond acceptors (Lipinski definition) is 5. The highest BCUT2D eigenvalue weighted by molar-refractivity contribution is 5.94. The van der Waals surface area contributed by atoms with E-state index in [1.807, 2.05) is 62.4 Å². The Labute approximate surface area is 219 Å². The van der Waals surface area contributed by atoms with Crippen molar-refractivity contribution in [1.82, 2.24) is 5.32 Å². The zero-order valence-corrected chi connectivity index (χ0v) is 21.7. The predicted molar refractivity (Wildman–Crippen MR) is 145 cm³/mol. The van der Waals surface area contributed by atoms with Crippen molar-refractivity contribution in [2.24, 2.45) is 11.8 Å². The fourth-order valence-corrected chi connectivity index (χ4v) is 3.89. The van der Waals surface area contributed by atoms with Crippen molar-refractivity contribution < 1.29 is 23.9 Å². The summed E-state index contributed by atoms with van der Waals surface area (Å²) in [7, 11) is 0. The summed E-state index contributed by atoms with van der Waals surface area (Å²) >= 11 is 0. The van der Waals surface area contributed by atoms with Crippen LogP contribution in [0.15, 0.2) is 90.6 Å². The van der Waals surface area contributed by atoms with Crippen molar-refractivity contribution in [3.63, 3.8) is 0 Å². The molecular weight excluding hydrogens is 466 g/mol.